The molecule has 0 radical (unpaired) electrons. The van der Waals surface area contributed by atoms with Crippen LogP contribution in [0.25, 0.3) is 0 Å². The molecule has 0 fully saturated rings. The minimum atomic E-state index is -0.140. The van der Waals surface area contributed by atoms with Crippen LogP contribution in [0, 0.1) is 5.41 Å². The molecule has 0 saturated heterocycles. The third-order valence-electron chi connectivity index (χ3n) is 2.45. The number of nitrogens with two attached hydrogens (primary N) is 2. The van der Waals surface area contributed by atoms with E-state index >= 15 is 0 Å². The fourth-order valence-corrected chi connectivity index (χ4v) is 2.03. The van der Waals surface area contributed by atoms with Crippen molar-refractivity contribution in [3.63, 3.8) is 0 Å². The number of hydrogen-bond acceptors (Lipinski definition) is 2. The number of aliphatic imine (C=N–C) groups is 1. The van der Waals surface area contributed by atoms with E-state index in [2.05, 4.69) is 4.99 Å². The molecule has 0 atom stereocenters. The topological polar surface area (TPSA) is 91.5 Å². The van der Waals surface area contributed by atoms with Crippen molar-refractivity contribution in [2.75, 3.05) is 0 Å². The number of halogens is 2. The number of benzene rings is 1. The maximum absolute atomic E-state index is 7.47. The van der Waals surface area contributed by atoms with E-state index in [1.165, 1.54) is 4.90 Å². The molecular weight excluding hydrogens is 285 g/mol. The van der Waals surface area contributed by atoms with Gasteiger partial charge in [0.25, 0.3) is 0 Å². The van der Waals surface area contributed by atoms with Crippen molar-refractivity contribution in [2.24, 2.45) is 16.5 Å². The Balaban J connectivity index is 2.88. The standard InChI is InChI=1S/C12H17Cl2N5/c1-7(2)19(11(15)16)12(17)18-6-8-3-4-9(13)5-10(8)14/h3-5,7H,6H2,1-2H3,(H3,15,16)(H2,17,18). The van der Waals surface area contributed by atoms with Crippen molar-refractivity contribution in [3.8, 4) is 0 Å². The average molecular weight is 302 g/mol. The van der Waals surface area contributed by atoms with Gasteiger partial charge in [0.2, 0.25) is 0 Å². The summed E-state index contributed by atoms with van der Waals surface area (Å²) in [4.78, 5) is 5.63. The van der Waals surface area contributed by atoms with Gasteiger partial charge in [-0.15, -0.1) is 0 Å². The highest BCUT2D eigenvalue weighted by atomic mass is 35.5. The Labute approximate surface area is 122 Å². The van der Waals surface area contributed by atoms with E-state index < -0.39 is 0 Å². The molecule has 0 amide bonds. The van der Waals surface area contributed by atoms with E-state index in [1.807, 2.05) is 13.8 Å². The Morgan fingerprint density at radius 2 is 2.00 bits per heavy atom. The number of nitrogens with one attached hydrogen (secondary N) is 1. The summed E-state index contributed by atoms with van der Waals surface area (Å²) in [6, 6.07) is 5.13. The van der Waals surface area contributed by atoms with Crippen molar-refractivity contribution in [3.05, 3.63) is 33.8 Å². The third-order valence-corrected chi connectivity index (χ3v) is 3.04. The van der Waals surface area contributed by atoms with Crippen LogP contribution < -0.4 is 11.5 Å². The van der Waals surface area contributed by atoms with E-state index in [1.54, 1.807) is 18.2 Å². The van der Waals surface area contributed by atoms with Crippen molar-refractivity contribution in [1.29, 1.82) is 5.41 Å². The fraction of sp³-hybridized carbons (Fsp3) is 0.333. The molecule has 5 nitrogen and oxygen atoms in total. The summed E-state index contributed by atoms with van der Waals surface area (Å²) >= 11 is 11.9. The monoisotopic (exact) mass is 301 g/mol. The van der Waals surface area contributed by atoms with Crippen LogP contribution >= 0.6 is 23.2 Å². The molecule has 0 saturated carbocycles. The molecule has 0 aromatic heterocycles. The van der Waals surface area contributed by atoms with Gasteiger partial charge >= 0.3 is 0 Å². The molecule has 0 aliphatic carbocycles. The zero-order valence-electron chi connectivity index (χ0n) is 10.8. The second-order valence-corrected chi connectivity index (χ2v) is 5.10. The van der Waals surface area contributed by atoms with E-state index in [0.29, 0.717) is 16.6 Å². The summed E-state index contributed by atoms with van der Waals surface area (Å²) in [6.45, 7) is 4.05. The van der Waals surface area contributed by atoms with Gasteiger partial charge in [-0.25, -0.2) is 4.99 Å². The Morgan fingerprint density at radius 1 is 1.37 bits per heavy atom. The van der Waals surface area contributed by atoms with Gasteiger partial charge in [0, 0.05) is 16.1 Å². The molecule has 7 heteroatoms. The van der Waals surface area contributed by atoms with Crippen LogP contribution in [0.2, 0.25) is 10.0 Å². The number of nitrogens with zero attached hydrogens (tertiary/aromatic N) is 2. The molecule has 1 aromatic rings. The highest BCUT2D eigenvalue weighted by Gasteiger charge is 2.14. The van der Waals surface area contributed by atoms with Crippen LogP contribution in [0.1, 0.15) is 19.4 Å². The van der Waals surface area contributed by atoms with Crippen molar-refractivity contribution in [1.82, 2.24) is 4.90 Å². The Morgan fingerprint density at radius 3 is 2.47 bits per heavy atom. The lowest BCUT2D eigenvalue weighted by Crippen LogP contribution is -2.49. The van der Waals surface area contributed by atoms with Crippen LogP contribution in [-0.4, -0.2) is 22.9 Å². The molecule has 19 heavy (non-hydrogen) atoms. The number of hydrogen-bond donors (Lipinski definition) is 3. The molecule has 0 unspecified atom stereocenters. The Kier molecular flexibility index (Phi) is 5.44. The maximum atomic E-state index is 7.47. The predicted octanol–water partition coefficient (Wildman–Crippen LogP) is 2.41. The van der Waals surface area contributed by atoms with Crippen LogP contribution in [-0.2, 0) is 6.54 Å². The summed E-state index contributed by atoms with van der Waals surface area (Å²) in [6.07, 6.45) is 0. The largest absolute Gasteiger partial charge is 0.370 e. The van der Waals surface area contributed by atoms with Crippen LogP contribution in [0.4, 0.5) is 0 Å². The smallest absolute Gasteiger partial charge is 0.198 e. The summed E-state index contributed by atoms with van der Waals surface area (Å²) in [5.41, 5.74) is 12.1. The quantitative estimate of drug-likeness (QED) is 0.591. The first-order valence-corrected chi connectivity index (χ1v) is 6.45. The predicted molar refractivity (Wildman–Crippen MR) is 80.7 cm³/mol. The minimum absolute atomic E-state index is 0.0399. The SMILES string of the molecule is CC(C)N(C(=N)N)C(N)=NCc1ccc(Cl)cc1Cl. The van der Waals surface area contributed by atoms with Crippen LogP contribution in [0.15, 0.2) is 23.2 Å². The highest BCUT2D eigenvalue weighted by molar-refractivity contribution is 6.35. The van der Waals surface area contributed by atoms with Crippen molar-refractivity contribution >= 4 is 35.1 Å². The third kappa shape index (κ3) is 4.29. The van der Waals surface area contributed by atoms with Crippen molar-refractivity contribution in [2.45, 2.75) is 26.4 Å². The Bertz CT molecular complexity index is 499. The molecule has 1 rings (SSSR count). The second-order valence-electron chi connectivity index (χ2n) is 4.26. The molecule has 0 aliphatic heterocycles. The van der Waals surface area contributed by atoms with Crippen molar-refractivity contribution < 1.29 is 0 Å². The lowest BCUT2D eigenvalue weighted by molar-refractivity contribution is 0.485. The molecule has 0 bridgehead atoms. The first-order valence-electron chi connectivity index (χ1n) is 5.70. The number of rotatable bonds is 3. The van der Waals surface area contributed by atoms with E-state index in [0.717, 1.165) is 5.56 Å². The van der Waals surface area contributed by atoms with Gasteiger partial charge in [-0.1, -0.05) is 29.3 Å². The van der Waals surface area contributed by atoms with E-state index in [9.17, 15) is 0 Å². The van der Waals surface area contributed by atoms with Crippen LogP contribution in [0.5, 0.6) is 0 Å². The van der Waals surface area contributed by atoms with Crippen LogP contribution in [0.3, 0.4) is 0 Å². The zero-order chi connectivity index (χ0) is 14.6. The molecule has 104 valence electrons. The first kappa shape index (κ1) is 15.6. The van der Waals surface area contributed by atoms with Gasteiger partial charge in [-0.2, -0.15) is 0 Å². The summed E-state index contributed by atoms with van der Waals surface area (Å²) in [5, 5.41) is 8.56. The maximum Gasteiger partial charge on any atom is 0.198 e. The van der Waals surface area contributed by atoms with Gasteiger partial charge in [-0.05, 0) is 31.5 Å². The number of guanidine groups is 2. The van der Waals surface area contributed by atoms with Gasteiger partial charge in [0.15, 0.2) is 11.9 Å². The fourth-order valence-electron chi connectivity index (χ4n) is 1.56. The molecule has 0 heterocycles. The normalized spacial score (nSPS) is 11.7. The van der Waals surface area contributed by atoms with Gasteiger partial charge in [-0.3, -0.25) is 10.3 Å². The van der Waals surface area contributed by atoms with Gasteiger partial charge in [0.1, 0.15) is 0 Å². The molecule has 0 aliphatic rings. The summed E-state index contributed by atoms with van der Waals surface area (Å²) in [5.74, 6) is 0.0481. The van der Waals surface area contributed by atoms with Gasteiger partial charge < -0.3 is 11.5 Å². The average Bonchev–Trinajstić information content (AvgIpc) is 2.26. The molecule has 1 aromatic carbocycles. The summed E-state index contributed by atoms with van der Waals surface area (Å²) < 4.78 is 0. The molecule has 5 N–H and O–H groups in total. The lowest BCUT2D eigenvalue weighted by Gasteiger charge is -2.25. The minimum Gasteiger partial charge on any atom is -0.370 e. The molecule has 0 spiro atoms. The first-order chi connectivity index (χ1) is 8.82. The zero-order valence-corrected chi connectivity index (χ0v) is 12.3. The van der Waals surface area contributed by atoms with E-state index in [4.69, 9.17) is 40.1 Å². The molecular formula is C12H17Cl2N5. The second kappa shape index (κ2) is 6.63. The highest BCUT2D eigenvalue weighted by Crippen LogP contribution is 2.21. The Hall–Kier alpha value is -1.46. The van der Waals surface area contributed by atoms with Gasteiger partial charge in [0.05, 0.1) is 6.54 Å². The van der Waals surface area contributed by atoms with E-state index in [-0.39, 0.29) is 18.0 Å². The lowest BCUT2D eigenvalue weighted by atomic mass is 10.2. The summed E-state index contributed by atoms with van der Waals surface area (Å²) in [7, 11) is 0.